The molecular formula is C24H23ClN2O4S2. The highest BCUT2D eigenvalue weighted by Crippen LogP contribution is 2.34. The summed E-state index contributed by atoms with van der Waals surface area (Å²) in [4.78, 5) is 32.9. The number of benzene rings is 1. The highest BCUT2D eigenvalue weighted by Gasteiger charge is 2.34. The summed E-state index contributed by atoms with van der Waals surface area (Å²) >= 11 is 8.96. The molecule has 1 atom stereocenters. The fraction of sp³-hybridized carbons (Fsp3) is 0.292. The Morgan fingerprint density at radius 2 is 2.12 bits per heavy atom. The predicted octanol–water partition coefficient (Wildman–Crippen LogP) is 4.30. The Kier molecular flexibility index (Phi) is 7.17. The van der Waals surface area contributed by atoms with Gasteiger partial charge in [0.15, 0.2) is 4.80 Å². The van der Waals surface area contributed by atoms with Crippen molar-refractivity contribution in [2.45, 2.75) is 32.7 Å². The topological polar surface area (TPSA) is 69.9 Å². The maximum absolute atomic E-state index is 13.6. The molecule has 1 aliphatic heterocycles. The van der Waals surface area contributed by atoms with Crippen LogP contribution in [0.15, 0.2) is 56.8 Å². The van der Waals surface area contributed by atoms with Gasteiger partial charge in [0.25, 0.3) is 5.56 Å². The molecule has 33 heavy (non-hydrogen) atoms. The van der Waals surface area contributed by atoms with E-state index in [-0.39, 0.29) is 12.2 Å². The van der Waals surface area contributed by atoms with E-state index >= 15 is 0 Å². The van der Waals surface area contributed by atoms with Crippen LogP contribution in [0.2, 0.25) is 5.02 Å². The molecule has 0 N–H and O–H groups in total. The number of aromatic nitrogens is 1. The molecule has 172 valence electrons. The van der Waals surface area contributed by atoms with Gasteiger partial charge in [-0.05, 0) is 49.1 Å². The summed E-state index contributed by atoms with van der Waals surface area (Å²) in [5.41, 5.74) is 1.57. The fourth-order valence-electron chi connectivity index (χ4n) is 3.80. The molecule has 0 spiro atoms. The molecule has 0 unspecified atom stereocenters. The van der Waals surface area contributed by atoms with Crippen molar-refractivity contribution in [2.75, 3.05) is 13.7 Å². The van der Waals surface area contributed by atoms with E-state index in [2.05, 4.69) is 0 Å². The molecule has 0 amide bonds. The van der Waals surface area contributed by atoms with Gasteiger partial charge in [0, 0.05) is 15.5 Å². The molecule has 0 saturated carbocycles. The van der Waals surface area contributed by atoms with Crippen molar-refractivity contribution in [1.82, 2.24) is 4.57 Å². The first kappa shape index (κ1) is 23.5. The van der Waals surface area contributed by atoms with Crippen molar-refractivity contribution >= 4 is 46.3 Å². The molecule has 4 rings (SSSR count). The van der Waals surface area contributed by atoms with Crippen molar-refractivity contribution in [2.24, 2.45) is 4.99 Å². The highest BCUT2D eigenvalue weighted by atomic mass is 35.5. The summed E-state index contributed by atoms with van der Waals surface area (Å²) in [6.45, 7) is 4.05. The standard InChI is InChI=1S/C24H23ClN2O4S2/c1-4-7-16-20(23(29)31-5-2)21(18-8-6-11-32-18)27-22(28)19(33-24(27)26-16)13-14-12-15(25)9-10-17(14)30-3/h6,8-13,21H,4-5,7H2,1-3H3/b19-13-/t21-/m1/s1. The minimum absolute atomic E-state index is 0.225. The van der Waals surface area contributed by atoms with Crippen LogP contribution < -0.4 is 19.6 Å². The number of rotatable bonds is 7. The zero-order chi connectivity index (χ0) is 23.5. The normalized spacial score (nSPS) is 15.9. The Balaban J connectivity index is 1.99. The van der Waals surface area contributed by atoms with Gasteiger partial charge in [-0.2, -0.15) is 0 Å². The van der Waals surface area contributed by atoms with Gasteiger partial charge in [-0.15, -0.1) is 11.3 Å². The number of halogens is 1. The van der Waals surface area contributed by atoms with Crippen LogP contribution in [-0.2, 0) is 9.53 Å². The van der Waals surface area contributed by atoms with E-state index in [1.165, 1.54) is 22.7 Å². The summed E-state index contributed by atoms with van der Waals surface area (Å²) in [7, 11) is 1.57. The number of esters is 1. The van der Waals surface area contributed by atoms with E-state index < -0.39 is 12.0 Å². The number of fused-ring (bicyclic) bond motifs is 1. The second-order valence-electron chi connectivity index (χ2n) is 7.32. The lowest BCUT2D eigenvalue weighted by Gasteiger charge is -2.24. The SMILES string of the molecule is CCCC1=C(C(=O)OCC)[C@@H](c2cccs2)n2c(s/c(=C\c3cc(Cl)ccc3OC)c2=O)=N1. The van der Waals surface area contributed by atoms with Crippen LogP contribution in [0.3, 0.4) is 0 Å². The third-order valence-electron chi connectivity index (χ3n) is 5.18. The number of hydrogen-bond donors (Lipinski definition) is 0. The molecule has 6 nitrogen and oxygen atoms in total. The number of carbonyl (C=O) groups excluding carboxylic acids is 1. The van der Waals surface area contributed by atoms with Gasteiger partial charge in [-0.1, -0.05) is 42.3 Å². The average Bonchev–Trinajstić information content (AvgIpc) is 3.42. The number of nitrogens with zero attached hydrogens (tertiary/aromatic N) is 2. The molecule has 0 radical (unpaired) electrons. The zero-order valence-corrected chi connectivity index (χ0v) is 20.9. The molecule has 3 heterocycles. The molecule has 9 heteroatoms. The quantitative estimate of drug-likeness (QED) is 0.452. The molecule has 0 saturated heterocycles. The summed E-state index contributed by atoms with van der Waals surface area (Å²) < 4.78 is 12.9. The average molecular weight is 503 g/mol. The van der Waals surface area contributed by atoms with Gasteiger partial charge in [0.1, 0.15) is 11.8 Å². The van der Waals surface area contributed by atoms with Gasteiger partial charge in [0.2, 0.25) is 0 Å². The third-order valence-corrected chi connectivity index (χ3v) is 7.33. The van der Waals surface area contributed by atoms with Crippen molar-refractivity contribution in [1.29, 1.82) is 0 Å². The van der Waals surface area contributed by atoms with Crippen molar-refractivity contribution in [3.05, 3.63) is 82.1 Å². The van der Waals surface area contributed by atoms with Gasteiger partial charge in [-0.25, -0.2) is 9.79 Å². The van der Waals surface area contributed by atoms with Crippen molar-refractivity contribution in [3.8, 4) is 5.75 Å². The summed E-state index contributed by atoms with van der Waals surface area (Å²) in [6, 6.07) is 8.51. The van der Waals surface area contributed by atoms with E-state index in [0.29, 0.717) is 43.4 Å². The van der Waals surface area contributed by atoms with Crippen LogP contribution in [0.1, 0.15) is 43.2 Å². The van der Waals surface area contributed by atoms with Crippen molar-refractivity contribution in [3.63, 3.8) is 0 Å². The van der Waals surface area contributed by atoms with Crippen molar-refractivity contribution < 1.29 is 14.3 Å². The zero-order valence-electron chi connectivity index (χ0n) is 18.5. The van der Waals surface area contributed by atoms with Crippen LogP contribution in [-0.4, -0.2) is 24.3 Å². The summed E-state index contributed by atoms with van der Waals surface area (Å²) in [5.74, 6) is 0.174. The second kappa shape index (κ2) is 10.1. The maximum atomic E-state index is 13.6. The van der Waals surface area contributed by atoms with Crippen LogP contribution in [0.4, 0.5) is 0 Å². The number of methoxy groups -OCH3 is 1. The molecule has 1 aliphatic rings. The molecule has 0 aliphatic carbocycles. The third kappa shape index (κ3) is 4.55. The first-order valence-electron chi connectivity index (χ1n) is 10.6. The monoisotopic (exact) mass is 502 g/mol. The Labute approximate surface area is 204 Å². The van der Waals surface area contributed by atoms with E-state index in [0.717, 1.165) is 11.3 Å². The lowest BCUT2D eigenvalue weighted by atomic mass is 9.99. The first-order valence-corrected chi connectivity index (χ1v) is 12.6. The fourth-order valence-corrected chi connectivity index (χ4v) is 5.81. The minimum Gasteiger partial charge on any atom is -0.496 e. The number of hydrogen-bond acceptors (Lipinski definition) is 7. The number of carbonyl (C=O) groups is 1. The van der Waals surface area contributed by atoms with Gasteiger partial charge in [-0.3, -0.25) is 9.36 Å². The van der Waals surface area contributed by atoms with E-state index in [9.17, 15) is 9.59 Å². The lowest BCUT2D eigenvalue weighted by molar-refractivity contribution is -0.139. The van der Waals surface area contributed by atoms with E-state index in [1.54, 1.807) is 42.9 Å². The highest BCUT2D eigenvalue weighted by molar-refractivity contribution is 7.10. The molecule has 1 aromatic carbocycles. The molecule has 3 aromatic rings. The first-order chi connectivity index (χ1) is 16.0. The number of allylic oxidation sites excluding steroid dienone is 1. The Hall–Kier alpha value is -2.68. The van der Waals surface area contributed by atoms with Gasteiger partial charge in [0.05, 0.1) is 29.5 Å². The Bertz CT molecular complexity index is 1390. The molecule has 0 fully saturated rings. The Morgan fingerprint density at radius 1 is 1.30 bits per heavy atom. The second-order valence-corrected chi connectivity index (χ2v) is 9.74. The van der Waals surface area contributed by atoms with E-state index in [4.69, 9.17) is 26.1 Å². The number of thiophene rings is 1. The summed E-state index contributed by atoms with van der Waals surface area (Å²) in [5, 5.41) is 2.48. The van der Waals surface area contributed by atoms with Crippen LogP contribution in [0, 0.1) is 0 Å². The smallest absolute Gasteiger partial charge is 0.338 e. The van der Waals surface area contributed by atoms with Gasteiger partial charge < -0.3 is 9.47 Å². The summed E-state index contributed by atoms with van der Waals surface area (Å²) in [6.07, 6.45) is 3.18. The van der Waals surface area contributed by atoms with Crippen LogP contribution in [0.25, 0.3) is 6.08 Å². The predicted molar refractivity (Wildman–Crippen MR) is 132 cm³/mol. The number of thiazole rings is 1. The Morgan fingerprint density at radius 3 is 2.79 bits per heavy atom. The van der Waals surface area contributed by atoms with Crippen LogP contribution >= 0.6 is 34.3 Å². The number of ether oxygens (including phenoxy) is 2. The maximum Gasteiger partial charge on any atom is 0.338 e. The lowest BCUT2D eigenvalue weighted by Crippen LogP contribution is -2.39. The molecule has 2 aromatic heterocycles. The largest absolute Gasteiger partial charge is 0.496 e. The molecular weight excluding hydrogens is 480 g/mol. The van der Waals surface area contributed by atoms with E-state index in [1.807, 2.05) is 24.4 Å². The molecule has 0 bridgehead atoms. The van der Waals surface area contributed by atoms with Gasteiger partial charge >= 0.3 is 5.97 Å². The minimum atomic E-state index is -0.578. The van der Waals surface area contributed by atoms with Crippen LogP contribution in [0.5, 0.6) is 5.75 Å².